The summed E-state index contributed by atoms with van der Waals surface area (Å²) in [5.74, 6) is -3.50. The van der Waals surface area contributed by atoms with E-state index in [1.807, 2.05) is 0 Å². The molecule has 11 heteroatoms. The summed E-state index contributed by atoms with van der Waals surface area (Å²) in [4.78, 5) is 31.5. The van der Waals surface area contributed by atoms with Crippen molar-refractivity contribution in [1.29, 1.82) is 0 Å². The molecule has 126 valence electrons. The zero-order valence-electron chi connectivity index (χ0n) is 12.3. The molecule has 0 fully saturated rings. The molecule has 2 heterocycles. The lowest BCUT2D eigenvalue weighted by molar-refractivity contribution is -0.186. The Morgan fingerprint density at radius 2 is 2.00 bits per heavy atom. The Balaban J connectivity index is 2.82. The summed E-state index contributed by atoms with van der Waals surface area (Å²) >= 11 is 0. The maximum absolute atomic E-state index is 12.9. The summed E-state index contributed by atoms with van der Waals surface area (Å²) < 4.78 is 39.9. The van der Waals surface area contributed by atoms with Gasteiger partial charge < -0.3 is 15.4 Å². The molecule has 8 nitrogen and oxygen atoms in total. The van der Waals surface area contributed by atoms with E-state index in [9.17, 15) is 22.8 Å². The summed E-state index contributed by atoms with van der Waals surface area (Å²) in [5.41, 5.74) is 2.86. The number of alkyl halides is 3. The van der Waals surface area contributed by atoms with E-state index >= 15 is 0 Å². The van der Waals surface area contributed by atoms with Crippen molar-refractivity contribution in [1.82, 2.24) is 14.5 Å². The second kappa shape index (κ2) is 5.33. The number of imidazole rings is 1. The molecular formula is C12H14F3N5O3. The zero-order chi connectivity index (χ0) is 17.6. The number of nitrogens with zero attached hydrogens (tertiary/aromatic N) is 4. The summed E-state index contributed by atoms with van der Waals surface area (Å²) in [6.45, 7) is 2.27. The molecule has 2 amide bonds. The van der Waals surface area contributed by atoms with Gasteiger partial charge in [-0.3, -0.25) is 14.5 Å². The minimum Gasteiger partial charge on any atom is -0.395 e. The number of primary amides is 1. The van der Waals surface area contributed by atoms with Gasteiger partial charge in [0.25, 0.3) is 5.91 Å². The van der Waals surface area contributed by atoms with Crippen LogP contribution in [0.2, 0.25) is 0 Å². The van der Waals surface area contributed by atoms with Crippen molar-refractivity contribution >= 4 is 17.5 Å². The molecule has 0 bridgehead atoms. The summed E-state index contributed by atoms with van der Waals surface area (Å²) in [5, 5.41) is 8.76. The second-order valence-corrected chi connectivity index (χ2v) is 5.29. The summed E-state index contributed by atoms with van der Waals surface area (Å²) in [6, 6.07) is 0. The number of hydrogen-bond donors (Lipinski definition) is 2. The second-order valence-electron chi connectivity index (χ2n) is 5.29. The fourth-order valence-electron chi connectivity index (χ4n) is 2.32. The standard InChI is InChI=1S/C12H14F3N5O3/c1-11(2)18-9-6(17-5-19(9)3-4-21)7(8(16)22)20(11)10(23)12(13,14)15/h5,21H,3-4H2,1-2H3,(H2,16,22). The Hall–Kier alpha value is -2.43. The van der Waals surface area contributed by atoms with Crippen LogP contribution in [0.3, 0.4) is 0 Å². The third kappa shape index (κ3) is 2.79. The Morgan fingerprint density at radius 3 is 2.48 bits per heavy atom. The normalized spacial score (nSPS) is 16.8. The molecule has 0 atom stereocenters. The number of nitrogens with two attached hydrogens (primary N) is 1. The molecule has 2 rings (SSSR count). The van der Waals surface area contributed by atoms with Gasteiger partial charge in [-0.15, -0.1) is 0 Å². The Kier molecular flexibility index (Phi) is 3.93. The number of carbonyl (C=O) groups is 2. The van der Waals surface area contributed by atoms with Gasteiger partial charge in [0.1, 0.15) is 16.7 Å². The first-order chi connectivity index (χ1) is 10.5. The van der Waals surface area contributed by atoms with Crippen molar-refractivity contribution in [2.75, 3.05) is 6.61 Å². The van der Waals surface area contributed by atoms with E-state index in [1.54, 1.807) is 0 Å². The van der Waals surface area contributed by atoms with Gasteiger partial charge >= 0.3 is 12.1 Å². The van der Waals surface area contributed by atoms with E-state index in [0.29, 0.717) is 0 Å². The number of halogens is 3. The molecule has 0 radical (unpaired) electrons. The topological polar surface area (TPSA) is 114 Å². The monoisotopic (exact) mass is 333 g/mol. The number of amides is 2. The Labute approximate surface area is 127 Å². The fraction of sp³-hybridized carbons (Fsp3) is 0.500. The molecule has 0 saturated carbocycles. The number of carbonyl (C=O) groups excluding carboxylic acids is 2. The van der Waals surface area contributed by atoms with E-state index in [0.717, 1.165) is 0 Å². The van der Waals surface area contributed by atoms with Crippen LogP contribution >= 0.6 is 0 Å². The minimum atomic E-state index is -5.21. The molecule has 0 saturated heterocycles. The molecule has 3 N–H and O–H groups in total. The average molecular weight is 333 g/mol. The molecule has 0 aromatic carbocycles. The van der Waals surface area contributed by atoms with Gasteiger partial charge in [-0.05, 0) is 13.8 Å². The number of aromatic nitrogens is 2. The first kappa shape index (κ1) is 16.9. The van der Waals surface area contributed by atoms with Crippen LogP contribution in [0.5, 0.6) is 0 Å². The first-order valence-electron chi connectivity index (χ1n) is 6.48. The van der Waals surface area contributed by atoms with E-state index in [1.165, 1.54) is 24.7 Å². The van der Waals surface area contributed by atoms with E-state index in [4.69, 9.17) is 10.8 Å². The van der Waals surface area contributed by atoms with Crippen LogP contribution in [0.25, 0.3) is 5.70 Å². The highest BCUT2D eigenvalue weighted by atomic mass is 19.4. The molecule has 0 unspecified atom stereocenters. The van der Waals surface area contributed by atoms with Crippen molar-refractivity contribution in [2.45, 2.75) is 32.2 Å². The zero-order valence-corrected chi connectivity index (χ0v) is 12.3. The highest BCUT2D eigenvalue weighted by Crippen LogP contribution is 2.29. The van der Waals surface area contributed by atoms with Crippen LogP contribution in [0.15, 0.2) is 11.3 Å². The van der Waals surface area contributed by atoms with Crippen molar-refractivity contribution in [3.63, 3.8) is 0 Å². The van der Waals surface area contributed by atoms with Crippen LogP contribution in [0.1, 0.15) is 13.8 Å². The van der Waals surface area contributed by atoms with E-state index in [-0.39, 0.29) is 28.9 Å². The van der Waals surface area contributed by atoms with Gasteiger partial charge in [0, 0.05) is 6.54 Å². The highest BCUT2D eigenvalue weighted by Gasteiger charge is 2.51. The van der Waals surface area contributed by atoms with Gasteiger partial charge in [-0.1, -0.05) is 0 Å². The van der Waals surface area contributed by atoms with Crippen molar-refractivity contribution in [3.05, 3.63) is 17.2 Å². The summed E-state index contributed by atoms with van der Waals surface area (Å²) in [7, 11) is 0. The molecule has 1 aliphatic heterocycles. The summed E-state index contributed by atoms with van der Waals surface area (Å²) in [6.07, 6.45) is -4.01. The third-order valence-electron chi connectivity index (χ3n) is 3.20. The van der Waals surface area contributed by atoms with Gasteiger partial charge in [-0.2, -0.15) is 13.2 Å². The molecule has 1 aromatic heterocycles. The van der Waals surface area contributed by atoms with E-state index in [2.05, 4.69) is 9.98 Å². The minimum absolute atomic E-state index is 0.0706. The predicted octanol–water partition coefficient (Wildman–Crippen LogP) is -1.77. The predicted molar refractivity (Wildman–Crippen MR) is 69.7 cm³/mol. The van der Waals surface area contributed by atoms with Crippen LogP contribution in [-0.2, 0) is 16.1 Å². The highest BCUT2D eigenvalue weighted by molar-refractivity contribution is 6.15. The van der Waals surface area contributed by atoms with Crippen LogP contribution in [0.4, 0.5) is 13.2 Å². The molecule has 0 spiro atoms. The van der Waals surface area contributed by atoms with Crippen LogP contribution in [0, 0.1) is 0 Å². The van der Waals surface area contributed by atoms with Gasteiger partial charge in [0.2, 0.25) is 0 Å². The number of fused-ring (bicyclic) bond motifs is 1. The molecular weight excluding hydrogens is 319 g/mol. The maximum Gasteiger partial charge on any atom is 0.471 e. The largest absolute Gasteiger partial charge is 0.471 e. The van der Waals surface area contributed by atoms with Crippen molar-refractivity contribution in [2.24, 2.45) is 10.7 Å². The fourth-order valence-corrected chi connectivity index (χ4v) is 2.32. The van der Waals surface area contributed by atoms with Crippen LogP contribution < -0.4 is 16.6 Å². The number of aliphatic hydroxyl groups is 1. The first-order valence-corrected chi connectivity index (χ1v) is 6.48. The Bertz CT molecular complexity index is 781. The van der Waals surface area contributed by atoms with Gasteiger partial charge in [0.05, 0.1) is 12.9 Å². The SMILES string of the molecule is CC1(C)N=c2c(ncn2CCO)=C(C(N)=O)N1C(=O)C(F)(F)F. The number of rotatable bonds is 3. The molecule has 0 aliphatic carbocycles. The third-order valence-corrected chi connectivity index (χ3v) is 3.20. The molecule has 23 heavy (non-hydrogen) atoms. The smallest absolute Gasteiger partial charge is 0.395 e. The van der Waals surface area contributed by atoms with Gasteiger partial charge in [0.15, 0.2) is 5.49 Å². The average Bonchev–Trinajstić information content (AvgIpc) is 2.77. The van der Waals surface area contributed by atoms with Gasteiger partial charge in [-0.25, -0.2) is 9.98 Å². The van der Waals surface area contributed by atoms with Crippen LogP contribution in [-0.4, -0.2) is 49.8 Å². The number of aliphatic hydroxyl groups excluding tert-OH is 1. The molecule has 1 aliphatic rings. The van der Waals surface area contributed by atoms with E-state index < -0.39 is 29.4 Å². The lowest BCUT2D eigenvalue weighted by Gasteiger charge is -2.37. The number of hydrogen-bond acceptors (Lipinski definition) is 5. The lowest BCUT2D eigenvalue weighted by Crippen LogP contribution is -2.60. The maximum atomic E-state index is 12.9. The van der Waals surface area contributed by atoms with Crippen molar-refractivity contribution in [3.8, 4) is 0 Å². The Morgan fingerprint density at radius 1 is 1.39 bits per heavy atom. The molecule has 1 aromatic rings. The quantitative estimate of drug-likeness (QED) is 0.681. The lowest BCUT2D eigenvalue weighted by atomic mass is 10.1. The van der Waals surface area contributed by atoms with Crippen molar-refractivity contribution < 1.29 is 27.9 Å².